The second-order valence-corrected chi connectivity index (χ2v) is 7.45. The minimum atomic E-state index is -0.562. The third kappa shape index (κ3) is 7.60. The number of carbonyl (C=O) groups excluding carboxylic acids is 2. The smallest absolute Gasteiger partial charge is 0.249 e. The molecule has 0 bridgehead atoms. The van der Waals surface area contributed by atoms with Crippen LogP contribution in [0.4, 0.5) is 5.69 Å². The number of hydrogen-bond donors (Lipinski definition) is 2. The number of ether oxygens (including phenoxy) is 3. The highest BCUT2D eigenvalue weighted by molar-refractivity contribution is 6.03. The molecular weight excluding hydrogens is 460 g/mol. The van der Waals surface area contributed by atoms with Gasteiger partial charge in [0.05, 0.1) is 31.6 Å². The number of rotatable bonds is 11. The minimum Gasteiger partial charge on any atom is -0.497 e. The van der Waals surface area contributed by atoms with Crippen molar-refractivity contribution in [3.05, 3.63) is 83.4 Å². The summed E-state index contributed by atoms with van der Waals surface area (Å²) in [7, 11) is 1.53. The molecule has 9 nitrogen and oxygen atoms in total. The summed E-state index contributed by atoms with van der Waals surface area (Å²) >= 11 is 0. The highest BCUT2D eigenvalue weighted by Gasteiger charge is 2.11. The molecule has 3 aromatic rings. The summed E-state index contributed by atoms with van der Waals surface area (Å²) in [5.74, 6) is 0.568. The second kappa shape index (κ2) is 13.2. The van der Waals surface area contributed by atoms with Crippen LogP contribution in [0.25, 0.3) is 0 Å². The number of hydrogen-bond acceptors (Lipinski definition) is 7. The highest BCUT2D eigenvalue weighted by atomic mass is 16.5. The van der Waals surface area contributed by atoms with Gasteiger partial charge in [0.1, 0.15) is 18.8 Å². The lowest BCUT2D eigenvalue weighted by Gasteiger charge is -2.13. The van der Waals surface area contributed by atoms with Crippen molar-refractivity contribution in [1.82, 2.24) is 5.43 Å². The number of amides is 2. The lowest BCUT2D eigenvalue weighted by Crippen LogP contribution is -2.24. The quantitative estimate of drug-likeness (QED) is 0.240. The average Bonchev–Trinajstić information content (AvgIpc) is 2.88. The molecule has 0 heterocycles. The van der Waals surface area contributed by atoms with Crippen LogP contribution in [-0.4, -0.2) is 31.7 Å². The first-order chi connectivity index (χ1) is 17.5. The largest absolute Gasteiger partial charge is 0.497 e. The number of benzene rings is 3. The third-order valence-electron chi connectivity index (χ3n) is 4.87. The van der Waals surface area contributed by atoms with Crippen LogP contribution in [0.2, 0.25) is 0 Å². The second-order valence-electron chi connectivity index (χ2n) is 7.45. The van der Waals surface area contributed by atoms with Crippen molar-refractivity contribution in [2.75, 3.05) is 19.0 Å². The van der Waals surface area contributed by atoms with Gasteiger partial charge in [-0.15, -0.1) is 0 Å². The molecule has 2 N–H and O–H groups in total. The van der Waals surface area contributed by atoms with Gasteiger partial charge in [-0.1, -0.05) is 24.3 Å². The molecule has 0 atom stereocenters. The van der Waals surface area contributed by atoms with Gasteiger partial charge in [-0.05, 0) is 48.9 Å². The molecule has 0 radical (unpaired) electrons. The molecule has 184 valence electrons. The maximum Gasteiger partial charge on any atom is 0.249 e. The Morgan fingerprint density at radius 1 is 1.00 bits per heavy atom. The van der Waals surface area contributed by atoms with Gasteiger partial charge >= 0.3 is 0 Å². The van der Waals surface area contributed by atoms with E-state index in [0.29, 0.717) is 40.7 Å². The fourth-order valence-corrected chi connectivity index (χ4v) is 3.17. The molecule has 0 aliphatic carbocycles. The van der Waals surface area contributed by atoms with E-state index in [9.17, 15) is 14.9 Å². The number of methoxy groups -OCH3 is 1. The first kappa shape index (κ1) is 25.8. The van der Waals surface area contributed by atoms with E-state index in [-0.39, 0.29) is 6.61 Å². The summed E-state index contributed by atoms with van der Waals surface area (Å²) in [5.41, 5.74) is 4.84. The molecule has 3 rings (SSSR count). The maximum absolute atomic E-state index is 12.1. The Balaban J connectivity index is 1.56. The number of nitrogens with one attached hydrogen (secondary N) is 2. The Bertz CT molecular complexity index is 1280. The van der Waals surface area contributed by atoms with E-state index in [1.807, 2.05) is 19.1 Å². The number of nitriles is 1. The van der Waals surface area contributed by atoms with Crippen molar-refractivity contribution in [1.29, 1.82) is 5.26 Å². The van der Waals surface area contributed by atoms with E-state index in [0.717, 1.165) is 5.56 Å². The Hall–Kier alpha value is -4.84. The average molecular weight is 487 g/mol. The Morgan fingerprint density at radius 3 is 2.61 bits per heavy atom. The molecule has 0 aliphatic heterocycles. The van der Waals surface area contributed by atoms with E-state index in [1.165, 1.54) is 13.3 Å². The Morgan fingerprint density at radius 2 is 1.83 bits per heavy atom. The maximum atomic E-state index is 12.1. The van der Waals surface area contributed by atoms with E-state index >= 15 is 0 Å². The van der Waals surface area contributed by atoms with Gasteiger partial charge < -0.3 is 19.5 Å². The van der Waals surface area contributed by atoms with E-state index in [1.54, 1.807) is 54.6 Å². The molecule has 0 unspecified atom stereocenters. The molecule has 0 spiro atoms. The van der Waals surface area contributed by atoms with Gasteiger partial charge in [0.25, 0.3) is 0 Å². The molecule has 2 amide bonds. The SMILES string of the molecule is CCOc1cc(C=NNC(=O)CC(=O)Nc2cccc(OC)c2)ccc1OCc1ccccc1C#N. The molecule has 0 aromatic heterocycles. The first-order valence-electron chi connectivity index (χ1n) is 11.2. The number of hydrazone groups is 1. The molecule has 0 saturated carbocycles. The summed E-state index contributed by atoms with van der Waals surface area (Å²) < 4.78 is 16.7. The summed E-state index contributed by atoms with van der Waals surface area (Å²) in [5, 5.41) is 15.8. The van der Waals surface area contributed by atoms with E-state index < -0.39 is 18.2 Å². The number of carbonyl (C=O) groups is 2. The summed E-state index contributed by atoms with van der Waals surface area (Å²) in [6.45, 7) is 2.49. The molecule has 0 aliphatic rings. The molecule has 36 heavy (non-hydrogen) atoms. The minimum absolute atomic E-state index is 0.213. The third-order valence-corrected chi connectivity index (χ3v) is 4.87. The van der Waals surface area contributed by atoms with Crippen molar-refractivity contribution in [3.63, 3.8) is 0 Å². The number of anilines is 1. The van der Waals surface area contributed by atoms with E-state index in [4.69, 9.17) is 14.2 Å². The molecule has 0 fully saturated rings. The van der Waals surface area contributed by atoms with Crippen molar-refractivity contribution in [2.45, 2.75) is 20.0 Å². The Labute approximate surface area is 209 Å². The van der Waals surface area contributed by atoms with Crippen LogP contribution >= 0.6 is 0 Å². The van der Waals surface area contributed by atoms with Crippen LogP contribution in [0.15, 0.2) is 71.8 Å². The van der Waals surface area contributed by atoms with Crippen LogP contribution in [0.5, 0.6) is 17.2 Å². The van der Waals surface area contributed by atoms with Gasteiger partial charge in [-0.2, -0.15) is 10.4 Å². The lowest BCUT2D eigenvalue weighted by atomic mass is 10.1. The summed E-state index contributed by atoms with van der Waals surface area (Å²) in [4.78, 5) is 24.2. The van der Waals surface area contributed by atoms with Gasteiger partial charge in [-0.25, -0.2) is 5.43 Å². The van der Waals surface area contributed by atoms with Crippen molar-refractivity contribution < 1.29 is 23.8 Å². The van der Waals surface area contributed by atoms with Gasteiger partial charge in [-0.3, -0.25) is 9.59 Å². The lowest BCUT2D eigenvalue weighted by molar-refractivity contribution is -0.126. The standard InChI is InChI=1S/C27H26N4O5/c1-3-35-25-13-19(11-12-24(25)36-18-21-8-5-4-7-20(21)16-28)17-29-31-27(33)15-26(32)30-22-9-6-10-23(14-22)34-2/h4-14,17H,3,15,18H2,1-2H3,(H,30,32)(H,31,33). The van der Waals surface area contributed by atoms with Crippen molar-refractivity contribution in [2.24, 2.45) is 5.10 Å². The van der Waals surface area contributed by atoms with Crippen LogP contribution in [0.3, 0.4) is 0 Å². The monoisotopic (exact) mass is 486 g/mol. The van der Waals surface area contributed by atoms with Crippen molar-refractivity contribution in [3.8, 4) is 23.3 Å². The van der Waals surface area contributed by atoms with Gasteiger partial charge in [0, 0.05) is 17.3 Å². The van der Waals surface area contributed by atoms with Crippen LogP contribution in [0.1, 0.15) is 30.0 Å². The topological polar surface area (TPSA) is 122 Å². The predicted octanol–water partition coefficient (Wildman–Crippen LogP) is 4.02. The molecular formula is C27H26N4O5. The van der Waals surface area contributed by atoms with Gasteiger partial charge in [0.2, 0.25) is 11.8 Å². The summed E-state index contributed by atoms with van der Waals surface area (Å²) in [6.07, 6.45) is 1.05. The highest BCUT2D eigenvalue weighted by Crippen LogP contribution is 2.29. The first-order valence-corrected chi connectivity index (χ1v) is 11.2. The predicted molar refractivity (Wildman–Crippen MR) is 135 cm³/mol. The molecule has 3 aromatic carbocycles. The fourth-order valence-electron chi connectivity index (χ4n) is 3.17. The molecule has 9 heteroatoms. The van der Waals surface area contributed by atoms with Crippen LogP contribution in [-0.2, 0) is 16.2 Å². The van der Waals surface area contributed by atoms with E-state index in [2.05, 4.69) is 21.9 Å². The van der Waals surface area contributed by atoms with Gasteiger partial charge in [0.15, 0.2) is 11.5 Å². The van der Waals surface area contributed by atoms with Crippen LogP contribution < -0.4 is 25.0 Å². The number of nitrogens with zero attached hydrogens (tertiary/aromatic N) is 2. The normalized spacial score (nSPS) is 10.4. The molecule has 0 saturated heterocycles. The van der Waals surface area contributed by atoms with Crippen LogP contribution in [0, 0.1) is 11.3 Å². The zero-order valence-corrected chi connectivity index (χ0v) is 20.0. The fraction of sp³-hybridized carbons (Fsp3) is 0.185. The Kier molecular flexibility index (Phi) is 9.42. The zero-order valence-electron chi connectivity index (χ0n) is 20.0. The zero-order chi connectivity index (χ0) is 25.8. The summed E-state index contributed by atoms with van der Waals surface area (Å²) in [6, 6.07) is 21.4. The van der Waals surface area contributed by atoms with Crippen molar-refractivity contribution >= 4 is 23.7 Å².